The Morgan fingerprint density at radius 2 is 2.06 bits per heavy atom. The molecule has 18 heavy (non-hydrogen) atoms. The summed E-state index contributed by atoms with van der Waals surface area (Å²) in [7, 11) is 0. The van der Waals surface area contributed by atoms with Gasteiger partial charge in [-0.05, 0) is 37.9 Å². The highest BCUT2D eigenvalue weighted by Crippen LogP contribution is 2.17. The fourth-order valence-corrected chi connectivity index (χ4v) is 2.43. The van der Waals surface area contributed by atoms with Crippen molar-refractivity contribution in [2.75, 3.05) is 13.2 Å². The van der Waals surface area contributed by atoms with Gasteiger partial charge in [-0.3, -0.25) is 0 Å². The van der Waals surface area contributed by atoms with E-state index in [-0.39, 0.29) is 5.82 Å². The van der Waals surface area contributed by atoms with Crippen LogP contribution in [0.2, 0.25) is 0 Å². The average molecular weight is 251 g/mol. The van der Waals surface area contributed by atoms with E-state index >= 15 is 0 Å². The van der Waals surface area contributed by atoms with Gasteiger partial charge >= 0.3 is 0 Å². The fourth-order valence-electron chi connectivity index (χ4n) is 2.43. The van der Waals surface area contributed by atoms with Gasteiger partial charge in [0.1, 0.15) is 11.6 Å². The molecule has 100 valence electrons. The second-order valence-corrected chi connectivity index (χ2v) is 4.95. The Labute approximate surface area is 109 Å². The molecule has 1 aliphatic carbocycles. The van der Waals surface area contributed by atoms with Crippen LogP contribution >= 0.6 is 0 Å². The highest BCUT2D eigenvalue weighted by molar-refractivity contribution is 5.22. The Hall–Kier alpha value is -1.09. The van der Waals surface area contributed by atoms with Crippen molar-refractivity contribution in [2.24, 2.45) is 0 Å². The van der Waals surface area contributed by atoms with Gasteiger partial charge < -0.3 is 10.1 Å². The Morgan fingerprint density at radius 3 is 2.83 bits per heavy atom. The number of halogens is 1. The average Bonchev–Trinajstić information content (AvgIpc) is 2.40. The second-order valence-electron chi connectivity index (χ2n) is 4.95. The van der Waals surface area contributed by atoms with E-state index in [1.807, 2.05) is 0 Å². The smallest absolute Gasteiger partial charge is 0.126 e. The molecular formula is C15H22FNO. The van der Waals surface area contributed by atoms with Gasteiger partial charge in [0.05, 0.1) is 6.61 Å². The molecule has 2 rings (SSSR count). The van der Waals surface area contributed by atoms with Crippen molar-refractivity contribution in [3.8, 4) is 5.75 Å². The van der Waals surface area contributed by atoms with Gasteiger partial charge in [-0.15, -0.1) is 0 Å². The van der Waals surface area contributed by atoms with Crippen molar-refractivity contribution in [3.05, 3.63) is 30.1 Å². The van der Waals surface area contributed by atoms with Crippen molar-refractivity contribution >= 4 is 0 Å². The number of rotatable bonds is 6. The summed E-state index contributed by atoms with van der Waals surface area (Å²) >= 11 is 0. The summed E-state index contributed by atoms with van der Waals surface area (Å²) < 4.78 is 18.4. The lowest BCUT2D eigenvalue weighted by Gasteiger charge is -2.22. The van der Waals surface area contributed by atoms with E-state index in [0.29, 0.717) is 18.4 Å². The van der Waals surface area contributed by atoms with E-state index in [9.17, 15) is 4.39 Å². The molecule has 0 amide bonds. The molecule has 0 bridgehead atoms. The Morgan fingerprint density at radius 1 is 1.22 bits per heavy atom. The zero-order valence-corrected chi connectivity index (χ0v) is 10.8. The monoisotopic (exact) mass is 251 g/mol. The van der Waals surface area contributed by atoms with E-state index in [2.05, 4.69) is 5.32 Å². The van der Waals surface area contributed by atoms with Crippen LogP contribution in [0.15, 0.2) is 24.3 Å². The van der Waals surface area contributed by atoms with Crippen LogP contribution < -0.4 is 10.1 Å². The van der Waals surface area contributed by atoms with Gasteiger partial charge in [0, 0.05) is 12.1 Å². The predicted molar refractivity (Wildman–Crippen MR) is 71.4 cm³/mol. The molecule has 0 radical (unpaired) electrons. The Bertz CT molecular complexity index is 350. The third kappa shape index (κ3) is 4.65. The number of hydrogen-bond donors (Lipinski definition) is 1. The summed E-state index contributed by atoms with van der Waals surface area (Å²) in [6.45, 7) is 1.63. The summed E-state index contributed by atoms with van der Waals surface area (Å²) in [4.78, 5) is 0. The minimum Gasteiger partial charge on any atom is -0.493 e. The molecule has 0 unspecified atom stereocenters. The molecule has 3 heteroatoms. The molecule has 0 saturated heterocycles. The normalized spacial score (nSPS) is 16.7. The molecule has 0 heterocycles. The number of benzene rings is 1. The predicted octanol–water partition coefficient (Wildman–Crippen LogP) is 3.52. The van der Waals surface area contributed by atoms with Crippen LogP contribution in [-0.2, 0) is 0 Å². The van der Waals surface area contributed by atoms with Gasteiger partial charge in [0.15, 0.2) is 0 Å². The Kier molecular flexibility index (Phi) is 5.46. The summed E-state index contributed by atoms with van der Waals surface area (Å²) in [6, 6.07) is 7.02. The number of nitrogens with one attached hydrogen (secondary N) is 1. The molecular weight excluding hydrogens is 229 g/mol. The second kappa shape index (κ2) is 7.37. The van der Waals surface area contributed by atoms with Crippen molar-refractivity contribution in [3.63, 3.8) is 0 Å². The summed E-state index contributed by atoms with van der Waals surface area (Å²) in [5.74, 6) is 0.375. The Balaban J connectivity index is 1.55. The molecule has 0 aliphatic heterocycles. The number of hydrogen-bond acceptors (Lipinski definition) is 2. The third-order valence-electron chi connectivity index (χ3n) is 3.42. The van der Waals surface area contributed by atoms with Crippen molar-refractivity contribution in [1.82, 2.24) is 5.32 Å². The topological polar surface area (TPSA) is 21.3 Å². The van der Waals surface area contributed by atoms with Crippen LogP contribution in [0.4, 0.5) is 4.39 Å². The molecule has 0 atom stereocenters. The fraction of sp³-hybridized carbons (Fsp3) is 0.600. The third-order valence-corrected chi connectivity index (χ3v) is 3.42. The molecule has 1 aliphatic rings. The minimum atomic E-state index is -0.243. The van der Waals surface area contributed by atoms with Crippen molar-refractivity contribution in [1.29, 1.82) is 0 Å². The highest BCUT2D eigenvalue weighted by atomic mass is 19.1. The first kappa shape index (κ1) is 13.3. The standard InChI is InChI=1S/C15H22FNO/c16-13-6-4-9-15(12-13)18-11-5-10-17-14-7-2-1-3-8-14/h4,6,9,12,14,17H,1-3,5,7-8,10-11H2. The lowest BCUT2D eigenvalue weighted by molar-refractivity contribution is 0.295. The largest absolute Gasteiger partial charge is 0.493 e. The van der Waals surface area contributed by atoms with Crippen LogP contribution in [0.3, 0.4) is 0 Å². The highest BCUT2D eigenvalue weighted by Gasteiger charge is 2.11. The van der Waals surface area contributed by atoms with Crippen molar-refractivity contribution in [2.45, 2.75) is 44.6 Å². The minimum absolute atomic E-state index is 0.243. The lowest BCUT2D eigenvalue weighted by atomic mass is 9.95. The van der Waals surface area contributed by atoms with Crippen LogP contribution in [0.5, 0.6) is 5.75 Å². The quantitative estimate of drug-likeness (QED) is 0.781. The van der Waals surface area contributed by atoms with E-state index < -0.39 is 0 Å². The van der Waals surface area contributed by atoms with E-state index in [4.69, 9.17) is 4.74 Å². The van der Waals surface area contributed by atoms with Gasteiger partial charge in [-0.25, -0.2) is 4.39 Å². The van der Waals surface area contributed by atoms with E-state index in [0.717, 1.165) is 13.0 Å². The van der Waals surface area contributed by atoms with E-state index in [1.165, 1.54) is 44.2 Å². The molecule has 0 spiro atoms. The van der Waals surface area contributed by atoms with Gasteiger partial charge in [-0.1, -0.05) is 25.3 Å². The summed E-state index contributed by atoms with van der Waals surface area (Å²) in [5, 5.41) is 3.57. The molecule has 1 fully saturated rings. The first-order valence-corrected chi connectivity index (χ1v) is 6.96. The van der Waals surface area contributed by atoms with Crippen LogP contribution in [-0.4, -0.2) is 19.2 Å². The maximum atomic E-state index is 12.9. The van der Waals surface area contributed by atoms with Gasteiger partial charge in [0.25, 0.3) is 0 Å². The molecule has 1 aromatic carbocycles. The van der Waals surface area contributed by atoms with Gasteiger partial charge in [0.2, 0.25) is 0 Å². The van der Waals surface area contributed by atoms with E-state index in [1.54, 1.807) is 12.1 Å². The summed E-state index contributed by atoms with van der Waals surface area (Å²) in [6.07, 6.45) is 7.69. The first-order valence-electron chi connectivity index (χ1n) is 6.96. The molecule has 1 aromatic rings. The van der Waals surface area contributed by atoms with Crippen LogP contribution in [0.25, 0.3) is 0 Å². The SMILES string of the molecule is Fc1cccc(OCCCNC2CCCCC2)c1. The van der Waals surface area contributed by atoms with Crippen LogP contribution in [0.1, 0.15) is 38.5 Å². The zero-order valence-electron chi connectivity index (χ0n) is 10.8. The summed E-state index contributed by atoms with van der Waals surface area (Å²) in [5.41, 5.74) is 0. The maximum Gasteiger partial charge on any atom is 0.126 e. The maximum absolute atomic E-state index is 12.9. The molecule has 1 N–H and O–H groups in total. The first-order chi connectivity index (χ1) is 8.84. The molecule has 0 aromatic heterocycles. The lowest BCUT2D eigenvalue weighted by Crippen LogP contribution is -2.32. The number of ether oxygens (including phenoxy) is 1. The van der Waals surface area contributed by atoms with Crippen molar-refractivity contribution < 1.29 is 9.13 Å². The van der Waals surface area contributed by atoms with Gasteiger partial charge in [-0.2, -0.15) is 0 Å². The molecule has 2 nitrogen and oxygen atoms in total. The zero-order chi connectivity index (χ0) is 12.6. The molecule has 1 saturated carbocycles. The van der Waals surface area contributed by atoms with Crippen LogP contribution in [0, 0.1) is 5.82 Å².